The molecule has 0 aliphatic heterocycles. The van der Waals surface area contributed by atoms with Gasteiger partial charge in [0.2, 0.25) is 10.0 Å². The van der Waals surface area contributed by atoms with Gasteiger partial charge < -0.3 is 0 Å². The summed E-state index contributed by atoms with van der Waals surface area (Å²) in [5.74, 6) is 0.376. The Balaban J connectivity index is 4.16. The smallest absolute Gasteiger partial charge is 0.214 e. The molecule has 0 aliphatic carbocycles. The van der Waals surface area contributed by atoms with Crippen molar-refractivity contribution in [3.63, 3.8) is 0 Å². The molecule has 0 saturated heterocycles. The number of nitriles is 1. The van der Waals surface area contributed by atoms with Crippen LogP contribution in [-0.4, -0.2) is 20.2 Å². The van der Waals surface area contributed by atoms with E-state index in [4.69, 9.17) is 5.26 Å². The molecule has 4 nitrogen and oxygen atoms in total. The Hall–Kier alpha value is -0.600. The van der Waals surface area contributed by atoms with Crippen LogP contribution < -0.4 is 4.72 Å². The summed E-state index contributed by atoms with van der Waals surface area (Å²) in [5.41, 5.74) is 0. The molecule has 0 fully saturated rings. The van der Waals surface area contributed by atoms with E-state index >= 15 is 0 Å². The van der Waals surface area contributed by atoms with Gasteiger partial charge in [-0.2, -0.15) is 5.26 Å². The molecular formula is C11H22N2O2S. The van der Waals surface area contributed by atoms with Crippen LogP contribution in [0.3, 0.4) is 0 Å². The van der Waals surface area contributed by atoms with Crippen molar-refractivity contribution in [1.29, 1.82) is 5.26 Å². The number of hydrogen-bond acceptors (Lipinski definition) is 3. The molecule has 1 N–H and O–H groups in total. The molecule has 0 aliphatic rings. The third-order valence-corrected chi connectivity index (χ3v) is 4.37. The minimum absolute atomic E-state index is 0.376. The van der Waals surface area contributed by atoms with E-state index in [-0.39, 0.29) is 0 Å². The molecule has 0 spiro atoms. The second kappa shape index (κ2) is 7.64. The number of sulfonamides is 1. The molecule has 0 saturated carbocycles. The van der Waals surface area contributed by atoms with Gasteiger partial charge >= 0.3 is 0 Å². The van der Waals surface area contributed by atoms with Crippen LogP contribution in [0.4, 0.5) is 0 Å². The Morgan fingerprint density at radius 1 is 1.38 bits per heavy atom. The van der Waals surface area contributed by atoms with Crippen molar-refractivity contribution in [3.8, 4) is 6.07 Å². The van der Waals surface area contributed by atoms with Crippen molar-refractivity contribution in [1.82, 2.24) is 4.72 Å². The molecule has 94 valence electrons. The Bertz CT molecular complexity index is 319. The Labute approximate surface area is 99.1 Å². The van der Waals surface area contributed by atoms with Crippen LogP contribution in [0, 0.1) is 17.2 Å². The van der Waals surface area contributed by atoms with Gasteiger partial charge in [0.1, 0.15) is 0 Å². The third kappa shape index (κ3) is 5.47. The minimum Gasteiger partial charge on any atom is -0.214 e. The zero-order valence-corrected chi connectivity index (χ0v) is 11.2. The van der Waals surface area contributed by atoms with Crippen molar-refractivity contribution in [3.05, 3.63) is 0 Å². The van der Waals surface area contributed by atoms with Gasteiger partial charge in [0.15, 0.2) is 5.25 Å². The number of nitrogens with zero attached hydrogens (tertiary/aromatic N) is 1. The number of unbranched alkanes of at least 4 members (excludes halogenated alkanes) is 1. The van der Waals surface area contributed by atoms with Crippen LogP contribution >= 0.6 is 0 Å². The lowest BCUT2D eigenvalue weighted by atomic mass is 10.00. The highest BCUT2D eigenvalue weighted by atomic mass is 32.2. The van der Waals surface area contributed by atoms with Crippen LogP contribution in [-0.2, 0) is 10.0 Å². The van der Waals surface area contributed by atoms with Crippen molar-refractivity contribution in [2.24, 2.45) is 5.92 Å². The van der Waals surface area contributed by atoms with Crippen LogP contribution in [0.25, 0.3) is 0 Å². The third-order valence-electron chi connectivity index (χ3n) is 2.76. The van der Waals surface area contributed by atoms with Crippen molar-refractivity contribution in [2.75, 3.05) is 6.54 Å². The van der Waals surface area contributed by atoms with Crippen molar-refractivity contribution < 1.29 is 8.42 Å². The lowest BCUT2D eigenvalue weighted by Gasteiger charge is -2.15. The van der Waals surface area contributed by atoms with Gasteiger partial charge in [-0.1, -0.05) is 33.1 Å². The summed E-state index contributed by atoms with van der Waals surface area (Å²) in [4.78, 5) is 0. The zero-order chi connectivity index (χ0) is 12.6. The van der Waals surface area contributed by atoms with Crippen molar-refractivity contribution in [2.45, 2.75) is 51.7 Å². The first-order valence-electron chi connectivity index (χ1n) is 5.86. The molecule has 2 atom stereocenters. The van der Waals surface area contributed by atoms with Gasteiger partial charge in [-0.05, 0) is 19.3 Å². The van der Waals surface area contributed by atoms with E-state index in [2.05, 4.69) is 18.6 Å². The van der Waals surface area contributed by atoms with E-state index in [9.17, 15) is 8.42 Å². The summed E-state index contributed by atoms with van der Waals surface area (Å²) >= 11 is 0. The SMILES string of the molecule is CCCCC(CC)CNS(=O)(=O)C(C)C#N. The summed E-state index contributed by atoms with van der Waals surface area (Å²) in [7, 11) is -3.45. The van der Waals surface area contributed by atoms with Crippen LogP contribution in [0.5, 0.6) is 0 Å². The molecule has 2 unspecified atom stereocenters. The van der Waals surface area contributed by atoms with Crippen LogP contribution in [0.2, 0.25) is 0 Å². The second-order valence-corrected chi connectivity index (χ2v) is 6.17. The maximum Gasteiger partial charge on any atom is 0.227 e. The quantitative estimate of drug-likeness (QED) is 0.712. The molecule has 0 heterocycles. The van der Waals surface area contributed by atoms with Crippen LogP contribution in [0.1, 0.15) is 46.5 Å². The molecule has 0 aromatic rings. The largest absolute Gasteiger partial charge is 0.227 e. The van der Waals surface area contributed by atoms with Gasteiger partial charge in [-0.3, -0.25) is 0 Å². The molecule has 5 heteroatoms. The standard InChI is InChI=1S/C11H22N2O2S/c1-4-6-7-11(5-2)9-13-16(14,15)10(3)8-12/h10-11,13H,4-7,9H2,1-3H3. The molecule has 0 rings (SSSR count). The maximum atomic E-state index is 11.5. The molecule has 16 heavy (non-hydrogen) atoms. The lowest BCUT2D eigenvalue weighted by Crippen LogP contribution is -2.35. The first kappa shape index (κ1) is 15.4. The second-order valence-electron chi connectivity index (χ2n) is 4.08. The average Bonchev–Trinajstić information content (AvgIpc) is 2.28. The molecule has 0 aromatic heterocycles. The van der Waals surface area contributed by atoms with Gasteiger partial charge in [-0.15, -0.1) is 0 Å². The summed E-state index contributed by atoms with van der Waals surface area (Å²) in [6, 6.07) is 1.74. The van der Waals surface area contributed by atoms with E-state index in [1.165, 1.54) is 6.92 Å². The van der Waals surface area contributed by atoms with Gasteiger partial charge in [0.25, 0.3) is 0 Å². The predicted molar refractivity (Wildman–Crippen MR) is 65.3 cm³/mol. The van der Waals surface area contributed by atoms with E-state index in [1.807, 2.05) is 0 Å². The maximum absolute atomic E-state index is 11.5. The number of nitrogens with one attached hydrogen (secondary N) is 1. The molecule has 0 amide bonds. The highest BCUT2D eigenvalue weighted by Crippen LogP contribution is 2.12. The summed E-state index contributed by atoms with van der Waals surface area (Å²) in [6.45, 7) is 6.02. The van der Waals surface area contributed by atoms with E-state index in [0.29, 0.717) is 12.5 Å². The number of hydrogen-bond donors (Lipinski definition) is 1. The van der Waals surface area contributed by atoms with Gasteiger partial charge in [0, 0.05) is 6.54 Å². The van der Waals surface area contributed by atoms with E-state index in [1.54, 1.807) is 6.07 Å². The van der Waals surface area contributed by atoms with Crippen LogP contribution in [0.15, 0.2) is 0 Å². The van der Waals surface area contributed by atoms with Crippen molar-refractivity contribution >= 4 is 10.0 Å². The fraction of sp³-hybridized carbons (Fsp3) is 0.909. The first-order valence-corrected chi connectivity index (χ1v) is 7.40. The molecule has 0 aromatic carbocycles. The number of rotatable bonds is 8. The first-order chi connectivity index (χ1) is 7.47. The highest BCUT2D eigenvalue weighted by Gasteiger charge is 2.20. The zero-order valence-electron chi connectivity index (χ0n) is 10.4. The molecule has 0 radical (unpaired) electrons. The Morgan fingerprint density at radius 2 is 2.00 bits per heavy atom. The Morgan fingerprint density at radius 3 is 2.44 bits per heavy atom. The molecule has 0 bridgehead atoms. The lowest BCUT2D eigenvalue weighted by molar-refractivity contribution is 0.443. The summed E-state index contributed by atoms with van der Waals surface area (Å²) < 4.78 is 25.6. The minimum atomic E-state index is -3.45. The molecular weight excluding hydrogens is 224 g/mol. The van der Waals surface area contributed by atoms with E-state index < -0.39 is 15.3 Å². The normalized spacial score (nSPS) is 15.4. The van der Waals surface area contributed by atoms with Gasteiger partial charge in [0.05, 0.1) is 6.07 Å². The highest BCUT2D eigenvalue weighted by molar-refractivity contribution is 7.90. The monoisotopic (exact) mass is 246 g/mol. The van der Waals surface area contributed by atoms with Gasteiger partial charge in [-0.25, -0.2) is 13.1 Å². The Kier molecular flexibility index (Phi) is 7.35. The average molecular weight is 246 g/mol. The predicted octanol–water partition coefficient (Wildman–Crippen LogP) is 2.03. The fourth-order valence-corrected chi connectivity index (χ4v) is 2.23. The van der Waals surface area contributed by atoms with E-state index in [0.717, 1.165) is 25.7 Å². The topological polar surface area (TPSA) is 70.0 Å². The summed E-state index contributed by atoms with van der Waals surface area (Å²) in [6.07, 6.45) is 4.24. The summed E-state index contributed by atoms with van der Waals surface area (Å²) in [5, 5.41) is 7.59. The fourth-order valence-electron chi connectivity index (χ4n) is 1.37.